The number of anilines is 2. The van der Waals surface area contributed by atoms with Crippen LogP contribution < -0.4 is 20.9 Å². The molecule has 11 nitrogen and oxygen atoms in total. The van der Waals surface area contributed by atoms with Crippen molar-refractivity contribution in [2.75, 3.05) is 29.4 Å². The second-order valence-electron chi connectivity index (χ2n) is 10.3. The Kier molecular flexibility index (Phi) is 7.77. The molecule has 0 unspecified atom stereocenters. The fourth-order valence-corrected chi connectivity index (χ4v) is 4.68. The molecule has 38 heavy (non-hydrogen) atoms. The molecule has 0 spiro atoms. The quantitative estimate of drug-likeness (QED) is 0.415. The number of carbonyl (C=O) groups excluding carboxylic acids is 3. The van der Waals surface area contributed by atoms with Gasteiger partial charge in [0.05, 0.1) is 5.39 Å². The normalized spacial score (nSPS) is 15.2. The van der Waals surface area contributed by atoms with E-state index in [4.69, 9.17) is 22.1 Å². The van der Waals surface area contributed by atoms with Crippen molar-refractivity contribution in [3.8, 4) is 0 Å². The number of halogens is 1. The third-order valence-corrected chi connectivity index (χ3v) is 6.62. The molecule has 0 aliphatic carbocycles. The van der Waals surface area contributed by atoms with E-state index < -0.39 is 23.1 Å². The van der Waals surface area contributed by atoms with Gasteiger partial charge in [-0.1, -0.05) is 11.6 Å². The molecule has 0 atom stereocenters. The number of amides is 3. The van der Waals surface area contributed by atoms with E-state index in [9.17, 15) is 14.4 Å². The summed E-state index contributed by atoms with van der Waals surface area (Å²) in [5.41, 5.74) is 4.63. The average Bonchev–Trinajstić information content (AvgIpc) is 3.33. The zero-order valence-corrected chi connectivity index (χ0v) is 22.4. The van der Waals surface area contributed by atoms with Gasteiger partial charge in [-0.15, -0.1) is 0 Å². The largest absolute Gasteiger partial charge is 0.444 e. The number of hydrogen-bond donors (Lipinski definition) is 3. The highest BCUT2D eigenvalue weighted by Crippen LogP contribution is 2.32. The summed E-state index contributed by atoms with van der Waals surface area (Å²) >= 11 is 6.07. The Balaban J connectivity index is 1.65. The first kappa shape index (κ1) is 27.2. The first-order valence-electron chi connectivity index (χ1n) is 12.4. The van der Waals surface area contributed by atoms with Crippen molar-refractivity contribution in [3.63, 3.8) is 0 Å². The first-order chi connectivity index (χ1) is 18.0. The SMILES string of the molecule is CC(C)(C)OC(=O)NC1(C(=O)N(CCC(N)=O)c2ccc(Cl)cc2)CCN(c2ncnc3[nH]ccc23)CC1. The molecule has 0 saturated carbocycles. The van der Waals surface area contributed by atoms with Gasteiger partial charge in [0.15, 0.2) is 0 Å². The van der Waals surface area contributed by atoms with Crippen LogP contribution in [0.25, 0.3) is 11.0 Å². The second-order valence-corrected chi connectivity index (χ2v) is 10.7. The van der Waals surface area contributed by atoms with Crippen molar-refractivity contribution >= 4 is 52.0 Å². The number of hydrogen-bond acceptors (Lipinski definition) is 7. The van der Waals surface area contributed by atoms with E-state index in [1.807, 2.05) is 6.07 Å². The summed E-state index contributed by atoms with van der Waals surface area (Å²) in [7, 11) is 0. The molecule has 3 heterocycles. The van der Waals surface area contributed by atoms with Gasteiger partial charge < -0.3 is 30.6 Å². The number of nitrogens with zero attached hydrogens (tertiary/aromatic N) is 4. The van der Waals surface area contributed by atoms with Gasteiger partial charge in [-0.3, -0.25) is 9.59 Å². The van der Waals surface area contributed by atoms with E-state index in [1.54, 1.807) is 51.2 Å². The van der Waals surface area contributed by atoms with Crippen molar-refractivity contribution in [1.82, 2.24) is 20.3 Å². The number of nitrogens with two attached hydrogens (primary N) is 1. The molecule has 1 saturated heterocycles. The molecule has 202 valence electrons. The lowest BCUT2D eigenvalue weighted by Crippen LogP contribution is -2.65. The molecule has 0 radical (unpaired) electrons. The third-order valence-electron chi connectivity index (χ3n) is 6.36. The number of primary amides is 1. The molecule has 3 amide bonds. The van der Waals surface area contributed by atoms with Crippen LogP contribution >= 0.6 is 11.6 Å². The number of carbonyl (C=O) groups is 3. The zero-order chi connectivity index (χ0) is 27.5. The fourth-order valence-electron chi connectivity index (χ4n) is 4.55. The number of aromatic nitrogens is 3. The monoisotopic (exact) mass is 541 g/mol. The van der Waals surface area contributed by atoms with Crippen LogP contribution in [-0.4, -0.2) is 63.6 Å². The number of nitrogens with one attached hydrogen (secondary N) is 2. The van der Waals surface area contributed by atoms with E-state index in [2.05, 4.69) is 25.2 Å². The number of rotatable bonds is 7. The van der Waals surface area contributed by atoms with Gasteiger partial charge in [-0.05, 0) is 63.9 Å². The van der Waals surface area contributed by atoms with Crippen LogP contribution in [-0.2, 0) is 14.3 Å². The van der Waals surface area contributed by atoms with E-state index >= 15 is 0 Å². The number of ether oxygens (including phenoxy) is 1. The lowest BCUT2D eigenvalue weighted by molar-refractivity contribution is -0.126. The molecule has 3 aromatic rings. The molecule has 12 heteroatoms. The van der Waals surface area contributed by atoms with Crippen molar-refractivity contribution in [1.29, 1.82) is 0 Å². The topological polar surface area (TPSA) is 147 Å². The summed E-state index contributed by atoms with van der Waals surface area (Å²) < 4.78 is 5.52. The summed E-state index contributed by atoms with van der Waals surface area (Å²) in [6, 6.07) is 8.62. The highest BCUT2D eigenvalue weighted by Gasteiger charge is 2.46. The zero-order valence-electron chi connectivity index (χ0n) is 21.7. The molecule has 1 aliphatic heterocycles. The molecular weight excluding hydrogens is 510 g/mol. The predicted octanol–water partition coefficient (Wildman–Crippen LogP) is 3.38. The Bertz CT molecular complexity index is 1310. The molecule has 2 aromatic heterocycles. The number of alkyl carbamates (subject to hydrolysis) is 1. The van der Waals surface area contributed by atoms with E-state index in [0.717, 1.165) is 16.9 Å². The standard InChI is InChI=1S/C26H32ClN7O4/c1-25(2,3)38-24(37)32-26(23(36)34(13-9-20(28)35)18-6-4-17(27)5-7-18)10-14-33(15-11-26)22-19-8-12-29-21(19)30-16-31-22/h4-8,12,16H,9-11,13-15H2,1-3H3,(H2,28,35)(H,32,37)(H,29,30,31). The maximum atomic E-state index is 14.3. The molecule has 0 bridgehead atoms. The molecule has 1 fully saturated rings. The van der Waals surface area contributed by atoms with Crippen molar-refractivity contribution in [2.45, 2.75) is 51.2 Å². The Morgan fingerprint density at radius 2 is 1.84 bits per heavy atom. The van der Waals surface area contributed by atoms with Gasteiger partial charge in [0.1, 0.15) is 28.9 Å². The fraction of sp³-hybridized carbons (Fsp3) is 0.423. The van der Waals surface area contributed by atoms with Crippen molar-refractivity contribution < 1.29 is 19.1 Å². The van der Waals surface area contributed by atoms with Gasteiger partial charge in [0.25, 0.3) is 5.91 Å². The maximum absolute atomic E-state index is 14.3. The van der Waals surface area contributed by atoms with Gasteiger partial charge in [0, 0.05) is 43.0 Å². The van der Waals surface area contributed by atoms with Crippen LogP contribution in [0.2, 0.25) is 5.02 Å². The minimum absolute atomic E-state index is 0.0462. The molecule has 1 aromatic carbocycles. The molecule has 4 rings (SSSR count). The van der Waals surface area contributed by atoms with E-state index in [0.29, 0.717) is 23.8 Å². The van der Waals surface area contributed by atoms with E-state index in [1.165, 1.54) is 11.2 Å². The summed E-state index contributed by atoms with van der Waals surface area (Å²) in [5.74, 6) is -0.154. The smallest absolute Gasteiger partial charge is 0.408 e. The molecule has 1 aliphatic rings. The number of aromatic amines is 1. The highest BCUT2D eigenvalue weighted by molar-refractivity contribution is 6.30. The Morgan fingerprint density at radius 1 is 1.16 bits per heavy atom. The lowest BCUT2D eigenvalue weighted by Gasteiger charge is -2.44. The Hall–Kier alpha value is -3.86. The van der Waals surface area contributed by atoms with Crippen molar-refractivity contribution in [3.05, 3.63) is 47.9 Å². The summed E-state index contributed by atoms with van der Waals surface area (Å²) in [6.45, 7) is 6.19. The van der Waals surface area contributed by atoms with Crippen molar-refractivity contribution in [2.24, 2.45) is 5.73 Å². The average molecular weight is 542 g/mol. The second kappa shape index (κ2) is 10.9. The van der Waals surface area contributed by atoms with Crippen LogP contribution in [0.4, 0.5) is 16.3 Å². The number of piperidine rings is 1. The minimum Gasteiger partial charge on any atom is -0.444 e. The predicted molar refractivity (Wildman–Crippen MR) is 145 cm³/mol. The summed E-state index contributed by atoms with van der Waals surface area (Å²) in [5, 5.41) is 4.26. The van der Waals surface area contributed by atoms with Crippen LogP contribution in [0.5, 0.6) is 0 Å². The summed E-state index contributed by atoms with van der Waals surface area (Å²) in [4.78, 5) is 54.2. The minimum atomic E-state index is -1.29. The van der Waals surface area contributed by atoms with Crippen LogP contribution in [0.15, 0.2) is 42.9 Å². The van der Waals surface area contributed by atoms with Gasteiger partial charge >= 0.3 is 6.09 Å². The maximum Gasteiger partial charge on any atom is 0.408 e. The van der Waals surface area contributed by atoms with Crippen LogP contribution in [0.3, 0.4) is 0 Å². The summed E-state index contributed by atoms with van der Waals surface area (Å²) in [6.07, 6.45) is 3.11. The van der Waals surface area contributed by atoms with Gasteiger partial charge in [0.2, 0.25) is 5.91 Å². The van der Waals surface area contributed by atoms with Gasteiger partial charge in [-0.2, -0.15) is 0 Å². The van der Waals surface area contributed by atoms with Crippen LogP contribution in [0.1, 0.15) is 40.0 Å². The first-order valence-corrected chi connectivity index (χ1v) is 12.8. The van der Waals surface area contributed by atoms with Gasteiger partial charge in [-0.25, -0.2) is 14.8 Å². The number of benzene rings is 1. The molecule has 4 N–H and O–H groups in total. The number of H-pyrrole nitrogens is 1. The lowest BCUT2D eigenvalue weighted by atomic mass is 9.85. The molecular formula is C26H32ClN7O4. The highest BCUT2D eigenvalue weighted by atomic mass is 35.5. The van der Waals surface area contributed by atoms with Crippen LogP contribution in [0, 0.1) is 0 Å². The Morgan fingerprint density at radius 3 is 2.47 bits per heavy atom. The Labute approximate surface area is 225 Å². The third kappa shape index (κ3) is 6.16. The van der Waals surface area contributed by atoms with E-state index in [-0.39, 0.29) is 31.7 Å². The number of fused-ring (bicyclic) bond motifs is 1.